The highest BCUT2D eigenvalue weighted by Gasteiger charge is 2.12. The van der Waals surface area contributed by atoms with Crippen LogP contribution in [0.1, 0.15) is 33.2 Å². The van der Waals surface area contributed by atoms with Crippen molar-refractivity contribution in [2.75, 3.05) is 6.54 Å². The number of carbonyl (C=O) groups is 2. The maximum Gasteiger partial charge on any atom is 0.261 e. The molecular weight excluding hydrogens is 248 g/mol. The van der Waals surface area contributed by atoms with E-state index in [9.17, 15) is 9.59 Å². The van der Waals surface area contributed by atoms with Gasteiger partial charge in [-0.2, -0.15) is 0 Å². The average Bonchev–Trinajstić information content (AvgIpc) is 2.66. The Bertz CT molecular complexity index is 379. The van der Waals surface area contributed by atoms with E-state index in [1.165, 1.54) is 18.3 Å². The van der Waals surface area contributed by atoms with Crippen LogP contribution >= 0.6 is 23.7 Å². The Morgan fingerprint density at radius 1 is 1.44 bits per heavy atom. The van der Waals surface area contributed by atoms with Crippen LogP contribution in [0.5, 0.6) is 0 Å². The largest absolute Gasteiger partial charge is 0.348 e. The molecule has 0 aliphatic heterocycles. The van der Waals surface area contributed by atoms with Crippen LogP contribution in [0.25, 0.3) is 0 Å². The summed E-state index contributed by atoms with van der Waals surface area (Å²) in [6.07, 6.45) is 0. The lowest BCUT2D eigenvalue weighted by atomic mass is 10.3. The molecule has 0 bridgehead atoms. The molecule has 16 heavy (non-hydrogen) atoms. The molecule has 6 heteroatoms. The minimum atomic E-state index is -0.176. The van der Waals surface area contributed by atoms with Gasteiger partial charge < -0.3 is 11.1 Å². The summed E-state index contributed by atoms with van der Waals surface area (Å²) in [6.45, 7) is 3.71. The van der Waals surface area contributed by atoms with Gasteiger partial charge >= 0.3 is 0 Å². The van der Waals surface area contributed by atoms with E-state index in [4.69, 9.17) is 5.73 Å². The van der Waals surface area contributed by atoms with Crippen LogP contribution in [0, 0.1) is 0 Å². The highest BCUT2D eigenvalue weighted by Crippen LogP contribution is 2.16. The molecule has 0 aliphatic carbocycles. The zero-order chi connectivity index (χ0) is 11.4. The summed E-state index contributed by atoms with van der Waals surface area (Å²) in [5.41, 5.74) is 5.39. The maximum absolute atomic E-state index is 11.6. The molecule has 0 aromatic carbocycles. The lowest BCUT2D eigenvalue weighted by Gasteiger charge is -2.09. The lowest BCUT2D eigenvalue weighted by Crippen LogP contribution is -2.37. The van der Waals surface area contributed by atoms with E-state index in [2.05, 4.69) is 5.32 Å². The number of amides is 1. The number of thiophene rings is 1. The smallest absolute Gasteiger partial charge is 0.261 e. The lowest BCUT2D eigenvalue weighted by molar-refractivity contribution is 0.0944. The fraction of sp³-hybridized carbons (Fsp3) is 0.400. The fourth-order valence-corrected chi connectivity index (χ4v) is 1.81. The Morgan fingerprint density at radius 3 is 2.44 bits per heavy atom. The second kappa shape index (κ2) is 6.62. The first-order chi connectivity index (χ1) is 7.04. The Hall–Kier alpha value is -0.910. The van der Waals surface area contributed by atoms with E-state index in [0.29, 0.717) is 16.3 Å². The number of hydrogen-bond acceptors (Lipinski definition) is 4. The Balaban J connectivity index is 0.00000225. The zero-order valence-corrected chi connectivity index (χ0v) is 10.8. The van der Waals surface area contributed by atoms with Crippen LogP contribution in [0.2, 0.25) is 0 Å². The summed E-state index contributed by atoms with van der Waals surface area (Å²) in [5.74, 6) is -0.198. The molecule has 1 aromatic heterocycles. The third-order valence-corrected chi connectivity index (χ3v) is 3.09. The molecule has 4 nitrogen and oxygen atoms in total. The van der Waals surface area contributed by atoms with Crippen molar-refractivity contribution >= 4 is 35.4 Å². The topological polar surface area (TPSA) is 72.2 Å². The first-order valence-corrected chi connectivity index (χ1v) is 5.48. The fourth-order valence-electron chi connectivity index (χ4n) is 1.00. The summed E-state index contributed by atoms with van der Waals surface area (Å²) in [7, 11) is 0. The van der Waals surface area contributed by atoms with Gasteiger partial charge in [-0.05, 0) is 26.0 Å². The van der Waals surface area contributed by atoms with Crippen molar-refractivity contribution < 1.29 is 9.59 Å². The predicted molar refractivity (Wildman–Crippen MR) is 67.6 cm³/mol. The van der Waals surface area contributed by atoms with Crippen molar-refractivity contribution in [3.05, 3.63) is 21.9 Å². The van der Waals surface area contributed by atoms with Crippen molar-refractivity contribution in [1.82, 2.24) is 5.32 Å². The Labute approximate surface area is 105 Å². The van der Waals surface area contributed by atoms with Crippen molar-refractivity contribution in [3.8, 4) is 0 Å². The molecule has 0 saturated heterocycles. The Kier molecular flexibility index (Phi) is 6.25. The molecule has 0 spiro atoms. The summed E-state index contributed by atoms with van der Waals surface area (Å²) in [4.78, 5) is 23.7. The van der Waals surface area contributed by atoms with Crippen molar-refractivity contribution in [2.24, 2.45) is 5.73 Å². The molecule has 0 fully saturated rings. The second-order valence-corrected chi connectivity index (χ2v) is 4.41. The minimum absolute atomic E-state index is 0. The van der Waals surface area contributed by atoms with Gasteiger partial charge in [0.25, 0.3) is 5.91 Å². The number of Topliss-reactive ketones (excluding diaryl/α,β-unsaturated/α-hetero) is 1. The van der Waals surface area contributed by atoms with E-state index in [1.54, 1.807) is 12.1 Å². The molecule has 0 aliphatic rings. The maximum atomic E-state index is 11.6. The number of nitrogens with one attached hydrogen (secondary N) is 1. The number of carbonyl (C=O) groups excluding carboxylic acids is 2. The third-order valence-electron chi connectivity index (χ3n) is 1.91. The van der Waals surface area contributed by atoms with Gasteiger partial charge in [0.2, 0.25) is 0 Å². The number of halogens is 1. The molecule has 1 rings (SSSR count). The van der Waals surface area contributed by atoms with Gasteiger partial charge in [-0.25, -0.2) is 0 Å². The number of ketones is 1. The molecule has 1 heterocycles. The van der Waals surface area contributed by atoms with Gasteiger partial charge in [-0.3, -0.25) is 9.59 Å². The van der Waals surface area contributed by atoms with E-state index < -0.39 is 0 Å². The average molecular weight is 263 g/mol. The van der Waals surface area contributed by atoms with Crippen LogP contribution in [0.15, 0.2) is 12.1 Å². The molecule has 1 atom stereocenters. The number of nitrogens with two attached hydrogens (primary N) is 1. The number of rotatable bonds is 4. The van der Waals surface area contributed by atoms with Gasteiger partial charge in [0.05, 0.1) is 9.75 Å². The second-order valence-electron chi connectivity index (χ2n) is 3.33. The summed E-state index contributed by atoms with van der Waals surface area (Å²) >= 11 is 1.20. The minimum Gasteiger partial charge on any atom is -0.348 e. The molecule has 3 N–H and O–H groups in total. The van der Waals surface area contributed by atoms with Crippen molar-refractivity contribution in [1.29, 1.82) is 0 Å². The molecule has 90 valence electrons. The van der Waals surface area contributed by atoms with Crippen LogP contribution in [0.3, 0.4) is 0 Å². The summed E-state index contributed by atoms with van der Waals surface area (Å²) in [6, 6.07) is 3.26. The van der Waals surface area contributed by atoms with Gasteiger partial charge in [-0.15, -0.1) is 23.7 Å². The molecular formula is C10H15ClN2O2S. The van der Waals surface area contributed by atoms with Crippen LogP contribution in [-0.2, 0) is 0 Å². The molecule has 1 amide bonds. The van der Waals surface area contributed by atoms with E-state index in [-0.39, 0.29) is 30.1 Å². The van der Waals surface area contributed by atoms with Gasteiger partial charge in [-0.1, -0.05) is 0 Å². The molecule has 1 aromatic rings. The third kappa shape index (κ3) is 3.92. The Morgan fingerprint density at radius 2 is 2.00 bits per heavy atom. The quantitative estimate of drug-likeness (QED) is 0.807. The van der Waals surface area contributed by atoms with Crippen LogP contribution < -0.4 is 11.1 Å². The number of hydrogen-bond donors (Lipinski definition) is 2. The SMILES string of the molecule is CC(=O)c1ccc(C(=O)N[C@H](C)CN)s1.Cl. The zero-order valence-electron chi connectivity index (χ0n) is 9.15. The normalized spacial score (nSPS) is 11.4. The highest BCUT2D eigenvalue weighted by atomic mass is 35.5. The predicted octanol–water partition coefficient (Wildman–Crippen LogP) is 1.45. The van der Waals surface area contributed by atoms with Gasteiger partial charge in [0.15, 0.2) is 5.78 Å². The summed E-state index contributed by atoms with van der Waals surface area (Å²) < 4.78 is 0. The standard InChI is InChI=1S/C10H14N2O2S.ClH/c1-6(5-11)12-10(14)9-4-3-8(15-9)7(2)13;/h3-4,6H,5,11H2,1-2H3,(H,12,14);1H/t6-;/m1./s1. The van der Waals surface area contributed by atoms with E-state index in [0.717, 1.165) is 0 Å². The first-order valence-electron chi connectivity index (χ1n) is 4.66. The van der Waals surface area contributed by atoms with Crippen LogP contribution in [-0.4, -0.2) is 24.3 Å². The van der Waals surface area contributed by atoms with Crippen molar-refractivity contribution in [2.45, 2.75) is 19.9 Å². The molecule has 0 unspecified atom stereocenters. The van der Waals surface area contributed by atoms with Crippen molar-refractivity contribution in [3.63, 3.8) is 0 Å². The summed E-state index contributed by atoms with van der Waals surface area (Å²) in [5, 5.41) is 2.73. The van der Waals surface area contributed by atoms with Gasteiger partial charge in [0, 0.05) is 12.6 Å². The molecule has 0 saturated carbocycles. The van der Waals surface area contributed by atoms with Gasteiger partial charge in [0.1, 0.15) is 0 Å². The molecule has 0 radical (unpaired) electrons. The highest BCUT2D eigenvalue weighted by molar-refractivity contribution is 7.15. The van der Waals surface area contributed by atoms with E-state index >= 15 is 0 Å². The monoisotopic (exact) mass is 262 g/mol. The first kappa shape index (κ1) is 15.1. The van der Waals surface area contributed by atoms with E-state index in [1.807, 2.05) is 6.92 Å². The van der Waals surface area contributed by atoms with Crippen LogP contribution in [0.4, 0.5) is 0 Å².